The molecule has 0 aliphatic carbocycles. The van der Waals surface area contributed by atoms with Gasteiger partial charge < -0.3 is 15.5 Å². The minimum Gasteiger partial charge on any atom is -0.317 e. The van der Waals surface area contributed by atoms with Crippen LogP contribution in [0.4, 0.5) is 0 Å². The first-order valence-corrected chi connectivity index (χ1v) is 7.07. The van der Waals surface area contributed by atoms with E-state index >= 15 is 0 Å². The number of unbranched alkanes of at least 4 members (excludes halogenated alkanes) is 3. The Kier molecular flexibility index (Phi) is 8.77. The Morgan fingerprint density at radius 2 is 1.69 bits per heavy atom. The molecule has 0 aromatic heterocycles. The third kappa shape index (κ3) is 7.20. The molecule has 2 N–H and O–H groups in total. The van der Waals surface area contributed by atoms with E-state index in [0.717, 1.165) is 0 Å². The first-order chi connectivity index (χ1) is 7.93. The van der Waals surface area contributed by atoms with Crippen LogP contribution in [-0.4, -0.2) is 50.7 Å². The average molecular weight is 227 g/mol. The summed E-state index contributed by atoms with van der Waals surface area (Å²) in [5.74, 6) is 0. The molecule has 0 unspecified atom stereocenters. The van der Waals surface area contributed by atoms with Gasteiger partial charge in [0.15, 0.2) is 0 Å². The van der Waals surface area contributed by atoms with E-state index in [1.54, 1.807) is 0 Å². The highest BCUT2D eigenvalue weighted by Crippen LogP contribution is 1.97. The Hall–Kier alpha value is -0.120. The highest BCUT2D eigenvalue weighted by molar-refractivity contribution is 4.67. The maximum Gasteiger partial charge on any atom is 0.0107 e. The topological polar surface area (TPSA) is 27.3 Å². The third-order valence-electron chi connectivity index (χ3n) is 3.24. The second kappa shape index (κ2) is 10.1. The van der Waals surface area contributed by atoms with Crippen molar-refractivity contribution in [2.75, 3.05) is 45.8 Å². The molecule has 1 rings (SSSR count). The molecule has 3 nitrogen and oxygen atoms in total. The highest BCUT2D eigenvalue weighted by Gasteiger charge is 2.07. The van der Waals surface area contributed by atoms with Gasteiger partial charge in [0.05, 0.1) is 0 Å². The lowest BCUT2D eigenvalue weighted by Crippen LogP contribution is -2.43. The summed E-state index contributed by atoms with van der Waals surface area (Å²) in [7, 11) is 0. The van der Waals surface area contributed by atoms with Gasteiger partial charge >= 0.3 is 0 Å². The molecule has 1 heterocycles. The van der Waals surface area contributed by atoms with Crippen LogP contribution in [0.25, 0.3) is 0 Å². The predicted molar refractivity (Wildman–Crippen MR) is 70.9 cm³/mol. The SMILES string of the molecule is CCCCCNCCCCN1CCNCC1. The second-order valence-corrected chi connectivity index (χ2v) is 4.76. The molecule has 1 saturated heterocycles. The number of hydrogen-bond donors (Lipinski definition) is 2. The monoisotopic (exact) mass is 227 g/mol. The van der Waals surface area contributed by atoms with Crippen LogP contribution in [0, 0.1) is 0 Å². The van der Waals surface area contributed by atoms with Gasteiger partial charge in [0, 0.05) is 26.2 Å². The zero-order valence-electron chi connectivity index (χ0n) is 10.9. The van der Waals surface area contributed by atoms with Crippen molar-refractivity contribution < 1.29 is 0 Å². The number of rotatable bonds is 9. The maximum atomic E-state index is 3.53. The van der Waals surface area contributed by atoms with E-state index in [1.807, 2.05) is 0 Å². The molecule has 1 aliphatic rings. The summed E-state index contributed by atoms with van der Waals surface area (Å²) in [6, 6.07) is 0. The van der Waals surface area contributed by atoms with E-state index < -0.39 is 0 Å². The van der Waals surface area contributed by atoms with E-state index in [1.165, 1.54) is 77.9 Å². The third-order valence-corrected chi connectivity index (χ3v) is 3.24. The molecule has 16 heavy (non-hydrogen) atoms. The number of piperazine rings is 1. The maximum absolute atomic E-state index is 3.53. The first kappa shape index (κ1) is 13.9. The van der Waals surface area contributed by atoms with Gasteiger partial charge in [-0.15, -0.1) is 0 Å². The minimum atomic E-state index is 1.18. The van der Waals surface area contributed by atoms with Crippen molar-refractivity contribution in [2.45, 2.75) is 39.0 Å². The smallest absolute Gasteiger partial charge is 0.0107 e. The van der Waals surface area contributed by atoms with Crippen molar-refractivity contribution in [3.8, 4) is 0 Å². The molecular formula is C13H29N3. The lowest BCUT2D eigenvalue weighted by molar-refractivity contribution is 0.236. The zero-order valence-corrected chi connectivity index (χ0v) is 10.9. The molecule has 0 spiro atoms. The molecule has 0 saturated carbocycles. The van der Waals surface area contributed by atoms with E-state index in [0.29, 0.717) is 0 Å². The van der Waals surface area contributed by atoms with Crippen LogP contribution in [0.1, 0.15) is 39.0 Å². The summed E-state index contributed by atoms with van der Waals surface area (Å²) >= 11 is 0. The second-order valence-electron chi connectivity index (χ2n) is 4.76. The standard InChI is InChI=1S/C13H29N3/c1-2-3-4-7-14-8-5-6-11-16-12-9-15-10-13-16/h14-15H,2-13H2,1H3. The number of hydrogen-bond acceptors (Lipinski definition) is 3. The van der Waals surface area contributed by atoms with Gasteiger partial charge in [0.2, 0.25) is 0 Å². The van der Waals surface area contributed by atoms with Crippen molar-refractivity contribution in [3.05, 3.63) is 0 Å². The molecule has 0 aromatic carbocycles. The van der Waals surface area contributed by atoms with Crippen molar-refractivity contribution in [2.24, 2.45) is 0 Å². The number of nitrogens with one attached hydrogen (secondary N) is 2. The minimum absolute atomic E-state index is 1.18. The molecular weight excluding hydrogens is 198 g/mol. The summed E-state index contributed by atoms with van der Waals surface area (Å²) in [6.07, 6.45) is 6.71. The molecule has 96 valence electrons. The van der Waals surface area contributed by atoms with Crippen molar-refractivity contribution >= 4 is 0 Å². The van der Waals surface area contributed by atoms with Crippen LogP contribution in [0.15, 0.2) is 0 Å². The highest BCUT2D eigenvalue weighted by atomic mass is 15.2. The van der Waals surface area contributed by atoms with Crippen LogP contribution < -0.4 is 10.6 Å². The van der Waals surface area contributed by atoms with Gasteiger partial charge in [-0.05, 0) is 38.9 Å². The Morgan fingerprint density at radius 1 is 1.00 bits per heavy atom. The van der Waals surface area contributed by atoms with Gasteiger partial charge in [-0.3, -0.25) is 0 Å². The van der Waals surface area contributed by atoms with Crippen molar-refractivity contribution in [1.29, 1.82) is 0 Å². The predicted octanol–water partition coefficient (Wildman–Crippen LogP) is 1.45. The number of nitrogens with zero attached hydrogens (tertiary/aromatic N) is 1. The summed E-state index contributed by atoms with van der Waals surface area (Å²) in [4.78, 5) is 2.58. The molecule has 0 amide bonds. The average Bonchev–Trinajstić information content (AvgIpc) is 2.34. The van der Waals surface area contributed by atoms with E-state index in [-0.39, 0.29) is 0 Å². The summed E-state index contributed by atoms with van der Waals surface area (Å²) in [5.41, 5.74) is 0. The fourth-order valence-electron chi connectivity index (χ4n) is 2.15. The van der Waals surface area contributed by atoms with Crippen LogP contribution >= 0.6 is 0 Å². The molecule has 0 atom stereocenters. The fraction of sp³-hybridized carbons (Fsp3) is 1.00. The van der Waals surface area contributed by atoms with Crippen LogP contribution in [0.2, 0.25) is 0 Å². The fourth-order valence-corrected chi connectivity index (χ4v) is 2.15. The normalized spacial score (nSPS) is 17.8. The van der Waals surface area contributed by atoms with Crippen LogP contribution in [0.5, 0.6) is 0 Å². The van der Waals surface area contributed by atoms with Crippen molar-refractivity contribution in [3.63, 3.8) is 0 Å². The van der Waals surface area contributed by atoms with Crippen molar-refractivity contribution in [1.82, 2.24) is 15.5 Å². The van der Waals surface area contributed by atoms with E-state index in [4.69, 9.17) is 0 Å². The summed E-state index contributed by atoms with van der Waals surface area (Å²) in [6.45, 7) is 10.8. The Bertz CT molecular complexity index is 144. The van der Waals surface area contributed by atoms with Gasteiger partial charge in [-0.1, -0.05) is 19.8 Å². The van der Waals surface area contributed by atoms with E-state index in [9.17, 15) is 0 Å². The molecule has 3 heteroatoms. The summed E-state index contributed by atoms with van der Waals surface area (Å²) in [5, 5.41) is 6.92. The molecule has 0 bridgehead atoms. The zero-order chi connectivity index (χ0) is 11.5. The first-order valence-electron chi connectivity index (χ1n) is 7.07. The Morgan fingerprint density at radius 3 is 2.38 bits per heavy atom. The van der Waals surface area contributed by atoms with Gasteiger partial charge in [-0.2, -0.15) is 0 Å². The molecule has 1 aliphatic heterocycles. The van der Waals surface area contributed by atoms with E-state index in [2.05, 4.69) is 22.5 Å². The molecule has 1 fully saturated rings. The molecule has 0 aromatic rings. The van der Waals surface area contributed by atoms with Gasteiger partial charge in [0.25, 0.3) is 0 Å². The van der Waals surface area contributed by atoms with Crippen LogP contribution in [0.3, 0.4) is 0 Å². The lowest BCUT2D eigenvalue weighted by atomic mass is 10.2. The van der Waals surface area contributed by atoms with Gasteiger partial charge in [-0.25, -0.2) is 0 Å². The molecule has 0 radical (unpaired) electrons. The Labute approximate surface area is 101 Å². The lowest BCUT2D eigenvalue weighted by Gasteiger charge is -2.27. The quantitative estimate of drug-likeness (QED) is 0.584. The van der Waals surface area contributed by atoms with Crippen LogP contribution in [-0.2, 0) is 0 Å². The van der Waals surface area contributed by atoms with Gasteiger partial charge in [0.1, 0.15) is 0 Å². The largest absolute Gasteiger partial charge is 0.317 e. The Balaban J connectivity index is 1.77. The summed E-state index contributed by atoms with van der Waals surface area (Å²) < 4.78 is 0.